The molecular formula is C26H28F2N6O2. The molecule has 1 saturated heterocycles. The Morgan fingerprint density at radius 3 is 2.81 bits per heavy atom. The fraction of sp³-hybridized carbons (Fsp3) is 0.462. The summed E-state index contributed by atoms with van der Waals surface area (Å²) in [5.41, 5.74) is 5.04. The largest absolute Gasteiger partial charge is 0.381 e. The van der Waals surface area contributed by atoms with Crippen LogP contribution in [0.3, 0.4) is 0 Å². The normalized spacial score (nSPS) is 20.2. The molecule has 0 atom stereocenters. The number of carbonyl (C=O) groups is 1. The number of aryl methyl sites for hydroxylation is 1. The van der Waals surface area contributed by atoms with Gasteiger partial charge in [0.05, 0.1) is 23.0 Å². The summed E-state index contributed by atoms with van der Waals surface area (Å²) in [7, 11) is 0. The van der Waals surface area contributed by atoms with Gasteiger partial charge in [0.25, 0.3) is 11.8 Å². The molecule has 1 aliphatic heterocycles. The predicted octanol–water partition coefficient (Wildman–Crippen LogP) is 4.01. The number of hydrogen-bond acceptors (Lipinski definition) is 6. The molecule has 0 unspecified atom stereocenters. The first kappa shape index (κ1) is 23.0. The lowest BCUT2D eigenvalue weighted by atomic mass is 9.88. The monoisotopic (exact) mass is 494 g/mol. The Hall–Kier alpha value is -3.40. The molecule has 4 heterocycles. The topological polar surface area (TPSA) is 93.4 Å². The first-order chi connectivity index (χ1) is 17.4. The van der Waals surface area contributed by atoms with Gasteiger partial charge in [-0.25, -0.2) is 23.3 Å². The molecule has 1 amide bonds. The number of nitrogens with zero attached hydrogens (tertiary/aromatic N) is 4. The van der Waals surface area contributed by atoms with Crippen molar-refractivity contribution in [2.24, 2.45) is 0 Å². The molecule has 6 rings (SSSR count). The smallest absolute Gasteiger partial charge is 0.255 e. The summed E-state index contributed by atoms with van der Waals surface area (Å²) in [5.74, 6) is -2.33. The van der Waals surface area contributed by atoms with Crippen molar-refractivity contribution in [2.75, 3.05) is 18.5 Å². The minimum Gasteiger partial charge on any atom is -0.381 e. The maximum absolute atomic E-state index is 13.2. The van der Waals surface area contributed by atoms with Crippen LogP contribution in [0, 0.1) is 0 Å². The number of amides is 1. The summed E-state index contributed by atoms with van der Waals surface area (Å²) in [6.45, 7) is 1.31. The zero-order chi connectivity index (χ0) is 24.7. The third-order valence-corrected chi connectivity index (χ3v) is 7.18. The van der Waals surface area contributed by atoms with Crippen LogP contribution in [0.5, 0.6) is 0 Å². The van der Waals surface area contributed by atoms with E-state index in [2.05, 4.69) is 31.8 Å². The zero-order valence-electron chi connectivity index (χ0n) is 19.8. The molecule has 36 heavy (non-hydrogen) atoms. The van der Waals surface area contributed by atoms with E-state index in [1.54, 1.807) is 16.9 Å². The highest BCUT2D eigenvalue weighted by molar-refractivity contribution is 6.01. The van der Waals surface area contributed by atoms with E-state index < -0.39 is 5.92 Å². The Labute approximate surface area is 207 Å². The third-order valence-electron chi connectivity index (χ3n) is 7.18. The van der Waals surface area contributed by atoms with Gasteiger partial charge in [-0.3, -0.25) is 4.79 Å². The average Bonchev–Trinajstić information content (AvgIpc) is 3.16. The fourth-order valence-corrected chi connectivity index (χ4v) is 5.18. The first-order valence-electron chi connectivity index (χ1n) is 12.5. The second-order valence-corrected chi connectivity index (χ2v) is 9.83. The molecule has 10 heteroatoms. The van der Waals surface area contributed by atoms with E-state index in [9.17, 15) is 13.6 Å². The molecule has 3 aromatic heterocycles. The third kappa shape index (κ3) is 4.57. The molecule has 2 N–H and O–H groups in total. The first-order valence-corrected chi connectivity index (χ1v) is 12.5. The number of ether oxygens (including phenoxy) is 1. The van der Waals surface area contributed by atoms with Gasteiger partial charge >= 0.3 is 0 Å². The highest BCUT2D eigenvalue weighted by atomic mass is 19.3. The van der Waals surface area contributed by atoms with E-state index in [4.69, 9.17) is 4.74 Å². The second kappa shape index (κ2) is 9.24. The van der Waals surface area contributed by atoms with Gasteiger partial charge in [-0.1, -0.05) is 6.08 Å². The van der Waals surface area contributed by atoms with Crippen molar-refractivity contribution in [1.82, 2.24) is 24.9 Å². The van der Waals surface area contributed by atoms with Crippen LogP contribution in [0.25, 0.3) is 11.1 Å². The molecule has 2 fully saturated rings. The van der Waals surface area contributed by atoms with Crippen molar-refractivity contribution in [1.29, 1.82) is 0 Å². The van der Waals surface area contributed by atoms with Crippen LogP contribution < -0.4 is 10.6 Å². The SMILES string of the molecule is O=C(NC1CCOCC1)c1cnn2ccc(C3=CCCCc4nc(NC5CC(F)(F)C5)ncc43)cc12. The Bertz CT molecular complexity index is 1320. The molecule has 0 spiro atoms. The van der Waals surface area contributed by atoms with Crippen LogP contribution in [0.2, 0.25) is 0 Å². The van der Waals surface area contributed by atoms with Gasteiger partial charge in [-0.2, -0.15) is 5.10 Å². The lowest BCUT2D eigenvalue weighted by Crippen LogP contribution is -2.44. The summed E-state index contributed by atoms with van der Waals surface area (Å²) in [5, 5.41) is 10.5. The van der Waals surface area contributed by atoms with Crippen molar-refractivity contribution < 1.29 is 18.3 Å². The highest BCUT2D eigenvalue weighted by Crippen LogP contribution is 2.39. The number of alkyl halides is 2. The van der Waals surface area contributed by atoms with Crippen molar-refractivity contribution >= 4 is 22.9 Å². The predicted molar refractivity (Wildman–Crippen MR) is 130 cm³/mol. The molecule has 0 radical (unpaired) electrons. The molecule has 3 aliphatic rings. The van der Waals surface area contributed by atoms with Gasteiger partial charge in [0.2, 0.25) is 5.95 Å². The van der Waals surface area contributed by atoms with E-state index >= 15 is 0 Å². The van der Waals surface area contributed by atoms with Gasteiger partial charge in [0, 0.05) is 56.1 Å². The van der Waals surface area contributed by atoms with Crippen LogP contribution in [-0.2, 0) is 11.2 Å². The number of allylic oxidation sites excluding steroid dienone is 1. The van der Waals surface area contributed by atoms with E-state index in [1.165, 1.54) is 0 Å². The highest BCUT2D eigenvalue weighted by Gasteiger charge is 2.45. The standard InChI is InChI=1S/C26H28F2N6O2/c27-26(28)12-18(13-26)32-25-29-14-20-19(3-1-2-4-22(20)33-25)16-5-8-34-23(11-16)21(15-30-34)24(35)31-17-6-9-36-10-7-17/h3,5,8,11,14-15,17-18H,1-2,4,6-7,9-10,12-13H2,(H,31,35)(H,29,32,33). The summed E-state index contributed by atoms with van der Waals surface area (Å²) in [6.07, 6.45) is 11.2. The molecule has 2 aliphatic carbocycles. The zero-order valence-corrected chi connectivity index (χ0v) is 19.8. The van der Waals surface area contributed by atoms with Crippen molar-refractivity contribution in [3.05, 3.63) is 59.2 Å². The van der Waals surface area contributed by atoms with E-state index in [0.717, 1.165) is 60.0 Å². The molecule has 3 aromatic rings. The van der Waals surface area contributed by atoms with Crippen LogP contribution in [-0.4, -0.2) is 56.7 Å². The van der Waals surface area contributed by atoms with Gasteiger partial charge in [0.1, 0.15) is 0 Å². The van der Waals surface area contributed by atoms with Crippen LogP contribution in [0.15, 0.2) is 36.8 Å². The summed E-state index contributed by atoms with van der Waals surface area (Å²) in [4.78, 5) is 22.2. The Balaban J connectivity index is 1.27. The van der Waals surface area contributed by atoms with Crippen LogP contribution >= 0.6 is 0 Å². The number of rotatable bonds is 5. The fourth-order valence-electron chi connectivity index (χ4n) is 5.18. The molecule has 1 saturated carbocycles. The maximum atomic E-state index is 13.2. The number of pyridine rings is 1. The quantitative estimate of drug-likeness (QED) is 0.557. The Kier molecular flexibility index (Phi) is 5.91. The Morgan fingerprint density at radius 2 is 2.00 bits per heavy atom. The van der Waals surface area contributed by atoms with Gasteiger partial charge in [-0.15, -0.1) is 0 Å². The molecular weight excluding hydrogens is 466 g/mol. The van der Waals surface area contributed by atoms with Gasteiger partial charge in [0.15, 0.2) is 0 Å². The lowest BCUT2D eigenvalue weighted by molar-refractivity contribution is -0.0794. The van der Waals surface area contributed by atoms with E-state index in [1.807, 2.05) is 18.3 Å². The van der Waals surface area contributed by atoms with Gasteiger partial charge in [-0.05, 0) is 55.4 Å². The van der Waals surface area contributed by atoms with Crippen molar-refractivity contribution in [3.63, 3.8) is 0 Å². The number of carbonyl (C=O) groups excluding carboxylic acids is 1. The molecule has 188 valence electrons. The van der Waals surface area contributed by atoms with E-state index in [0.29, 0.717) is 24.7 Å². The lowest BCUT2D eigenvalue weighted by Gasteiger charge is -2.35. The Morgan fingerprint density at radius 1 is 1.17 bits per heavy atom. The number of anilines is 1. The van der Waals surface area contributed by atoms with Crippen molar-refractivity contribution in [3.8, 4) is 0 Å². The average molecular weight is 495 g/mol. The van der Waals surface area contributed by atoms with Gasteiger partial charge < -0.3 is 15.4 Å². The molecule has 8 nitrogen and oxygen atoms in total. The maximum Gasteiger partial charge on any atom is 0.255 e. The number of nitrogens with one attached hydrogen (secondary N) is 2. The number of halogens is 2. The van der Waals surface area contributed by atoms with Crippen LogP contribution in [0.1, 0.15) is 65.7 Å². The van der Waals surface area contributed by atoms with Crippen LogP contribution in [0.4, 0.5) is 14.7 Å². The second-order valence-electron chi connectivity index (χ2n) is 9.83. The van der Waals surface area contributed by atoms with Crippen molar-refractivity contribution in [2.45, 2.75) is 63.0 Å². The summed E-state index contributed by atoms with van der Waals surface area (Å²) < 4.78 is 33.5. The minimum absolute atomic E-state index is 0.104. The number of aromatic nitrogens is 4. The number of fused-ring (bicyclic) bond motifs is 2. The molecule has 0 bridgehead atoms. The summed E-state index contributed by atoms with van der Waals surface area (Å²) >= 11 is 0. The number of hydrogen-bond donors (Lipinski definition) is 2. The minimum atomic E-state index is -2.59. The molecule has 0 aromatic carbocycles. The van der Waals surface area contributed by atoms with E-state index in [-0.39, 0.29) is 30.8 Å². The summed E-state index contributed by atoms with van der Waals surface area (Å²) in [6, 6.07) is 3.76.